The smallest absolute Gasteiger partial charge is 0.302 e. The summed E-state index contributed by atoms with van der Waals surface area (Å²) in [6.07, 6.45) is -1.57. The standard InChI is InChI=1S/C18H20N4O5S/c1-4-28-18-14(15(27-10(3)23)13(20-21-19)9(2)26-18)22-16(24)11-7-5-6-8-12(11)17(22)25/h5-9,13-15,18H,4H2,1-3H3/t9-,13+,14-,15+,18+/m1/s1. The molecule has 0 saturated carbocycles. The number of fused-ring (bicyclic) bond motifs is 1. The molecule has 28 heavy (non-hydrogen) atoms. The fourth-order valence-electron chi connectivity index (χ4n) is 3.60. The normalized spacial score (nSPS) is 29.2. The zero-order valence-electron chi connectivity index (χ0n) is 15.6. The largest absolute Gasteiger partial charge is 0.460 e. The van der Waals surface area contributed by atoms with Crippen molar-refractivity contribution in [3.63, 3.8) is 0 Å². The first-order valence-electron chi connectivity index (χ1n) is 8.86. The molecule has 9 nitrogen and oxygen atoms in total. The molecule has 0 unspecified atom stereocenters. The molecule has 5 atom stereocenters. The van der Waals surface area contributed by atoms with Gasteiger partial charge in [-0.05, 0) is 30.3 Å². The Hall–Kier alpha value is -2.55. The zero-order valence-corrected chi connectivity index (χ0v) is 16.5. The van der Waals surface area contributed by atoms with Gasteiger partial charge in [-0.15, -0.1) is 11.8 Å². The first kappa shape index (κ1) is 20.2. The predicted molar refractivity (Wildman–Crippen MR) is 102 cm³/mol. The number of benzene rings is 1. The van der Waals surface area contributed by atoms with E-state index in [1.54, 1.807) is 31.2 Å². The molecule has 0 N–H and O–H groups in total. The maximum absolute atomic E-state index is 13.0. The molecule has 1 fully saturated rings. The number of thioether (sulfide) groups is 1. The quantitative estimate of drug-likeness (QED) is 0.244. The molecular formula is C18H20N4O5S. The predicted octanol–water partition coefficient (Wildman–Crippen LogP) is 2.76. The highest BCUT2D eigenvalue weighted by Crippen LogP contribution is 2.38. The summed E-state index contributed by atoms with van der Waals surface area (Å²) in [6.45, 7) is 4.85. The number of esters is 1. The van der Waals surface area contributed by atoms with Crippen LogP contribution in [0, 0.1) is 0 Å². The molecule has 0 bridgehead atoms. The minimum atomic E-state index is -1.01. The summed E-state index contributed by atoms with van der Waals surface area (Å²) < 4.78 is 11.5. The van der Waals surface area contributed by atoms with Crippen LogP contribution in [0.5, 0.6) is 0 Å². The lowest BCUT2D eigenvalue weighted by Gasteiger charge is -2.46. The van der Waals surface area contributed by atoms with Crippen LogP contribution in [0.1, 0.15) is 41.5 Å². The number of hydrogen-bond acceptors (Lipinski definition) is 7. The third kappa shape index (κ3) is 3.46. The van der Waals surface area contributed by atoms with Crippen molar-refractivity contribution in [1.29, 1.82) is 0 Å². The van der Waals surface area contributed by atoms with Crippen molar-refractivity contribution in [3.05, 3.63) is 45.8 Å². The van der Waals surface area contributed by atoms with Crippen LogP contribution >= 0.6 is 11.8 Å². The summed E-state index contributed by atoms with van der Waals surface area (Å²) in [5.41, 5.74) is 8.91. The van der Waals surface area contributed by atoms with E-state index in [0.29, 0.717) is 5.75 Å². The Morgan fingerprint density at radius 2 is 1.93 bits per heavy atom. The maximum atomic E-state index is 13.0. The third-order valence-electron chi connectivity index (χ3n) is 4.72. The topological polar surface area (TPSA) is 122 Å². The number of nitrogens with zero attached hydrogens (tertiary/aromatic N) is 4. The van der Waals surface area contributed by atoms with E-state index in [1.807, 2.05) is 6.92 Å². The van der Waals surface area contributed by atoms with Gasteiger partial charge in [0.2, 0.25) is 0 Å². The van der Waals surface area contributed by atoms with Crippen LogP contribution in [0.3, 0.4) is 0 Å². The first-order chi connectivity index (χ1) is 13.4. The number of amides is 2. The molecule has 0 aromatic heterocycles. The summed E-state index contributed by atoms with van der Waals surface area (Å²) in [5.74, 6) is -0.917. The summed E-state index contributed by atoms with van der Waals surface area (Å²) in [6, 6.07) is 4.71. The number of carbonyl (C=O) groups is 3. The minimum Gasteiger partial charge on any atom is -0.460 e. The molecule has 2 heterocycles. The second kappa shape index (κ2) is 8.22. The van der Waals surface area contributed by atoms with Gasteiger partial charge in [0.15, 0.2) is 0 Å². The highest BCUT2D eigenvalue weighted by molar-refractivity contribution is 7.99. The summed E-state index contributed by atoms with van der Waals surface area (Å²) in [4.78, 5) is 41.8. The van der Waals surface area contributed by atoms with Crippen molar-refractivity contribution in [2.24, 2.45) is 5.11 Å². The van der Waals surface area contributed by atoms with Gasteiger partial charge >= 0.3 is 5.97 Å². The molecule has 1 aromatic rings. The Labute approximate surface area is 166 Å². The molecule has 2 aliphatic rings. The minimum absolute atomic E-state index is 0.285. The molecule has 0 spiro atoms. The van der Waals surface area contributed by atoms with E-state index in [0.717, 1.165) is 4.90 Å². The van der Waals surface area contributed by atoms with Crippen LogP contribution in [0.25, 0.3) is 10.4 Å². The van der Waals surface area contributed by atoms with Crippen molar-refractivity contribution in [2.75, 3.05) is 5.75 Å². The van der Waals surface area contributed by atoms with Crippen LogP contribution in [0.15, 0.2) is 29.4 Å². The molecule has 10 heteroatoms. The van der Waals surface area contributed by atoms with Gasteiger partial charge in [-0.2, -0.15) is 0 Å². The molecule has 2 aliphatic heterocycles. The number of carbonyl (C=O) groups excluding carboxylic acids is 3. The molecule has 0 aliphatic carbocycles. The lowest BCUT2D eigenvalue weighted by molar-refractivity contribution is -0.165. The second-order valence-corrected chi connectivity index (χ2v) is 7.83. The lowest BCUT2D eigenvalue weighted by Crippen LogP contribution is -2.63. The average Bonchev–Trinajstić information content (AvgIpc) is 2.90. The number of azide groups is 1. The van der Waals surface area contributed by atoms with E-state index in [4.69, 9.17) is 15.0 Å². The van der Waals surface area contributed by atoms with Gasteiger partial charge in [0, 0.05) is 11.8 Å². The Balaban J connectivity index is 2.09. The van der Waals surface area contributed by atoms with E-state index >= 15 is 0 Å². The monoisotopic (exact) mass is 404 g/mol. The SMILES string of the molecule is CCS[C@@H]1O[C@H](C)[C@H](N=[N+]=[N-])[C@H](OC(C)=O)[C@H]1N1C(=O)c2ccccc2C1=O. The number of imide groups is 1. The lowest BCUT2D eigenvalue weighted by atomic mass is 9.95. The van der Waals surface area contributed by atoms with Crippen molar-refractivity contribution in [3.8, 4) is 0 Å². The van der Waals surface area contributed by atoms with Gasteiger partial charge in [0.25, 0.3) is 11.8 Å². The Kier molecular flexibility index (Phi) is 5.93. The van der Waals surface area contributed by atoms with E-state index < -0.39 is 47.5 Å². The van der Waals surface area contributed by atoms with Gasteiger partial charge in [0.05, 0.1) is 17.2 Å². The Bertz CT molecular complexity index is 821. The first-order valence-corrected chi connectivity index (χ1v) is 9.91. The number of rotatable bonds is 5. The number of hydrogen-bond donors (Lipinski definition) is 0. The van der Waals surface area contributed by atoms with Gasteiger partial charge in [-0.1, -0.05) is 24.2 Å². The molecule has 148 valence electrons. The highest BCUT2D eigenvalue weighted by Gasteiger charge is 2.54. The van der Waals surface area contributed by atoms with Crippen molar-refractivity contribution in [2.45, 2.75) is 50.5 Å². The molecule has 1 saturated heterocycles. The van der Waals surface area contributed by atoms with Crippen LogP contribution in [0.2, 0.25) is 0 Å². The molecular weight excluding hydrogens is 384 g/mol. The van der Waals surface area contributed by atoms with Crippen LogP contribution in [-0.2, 0) is 14.3 Å². The van der Waals surface area contributed by atoms with Gasteiger partial charge in [-0.25, -0.2) is 0 Å². The average molecular weight is 404 g/mol. The van der Waals surface area contributed by atoms with Crippen LogP contribution < -0.4 is 0 Å². The fraction of sp³-hybridized carbons (Fsp3) is 0.500. The molecule has 0 radical (unpaired) electrons. The van der Waals surface area contributed by atoms with Gasteiger partial charge in [-0.3, -0.25) is 19.3 Å². The van der Waals surface area contributed by atoms with Crippen molar-refractivity contribution in [1.82, 2.24) is 4.90 Å². The van der Waals surface area contributed by atoms with E-state index in [-0.39, 0.29) is 11.1 Å². The van der Waals surface area contributed by atoms with Crippen molar-refractivity contribution < 1.29 is 23.9 Å². The Morgan fingerprint density at radius 1 is 1.32 bits per heavy atom. The molecule has 1 aromatic carbocycles. The van der Waals surface area contributed by atoms with E-state index in [9.17, 15) is 14.4 Å². The Morgan fingerprint density at radius 3 is 2.43 bits per heavy atom. The van der Waals surface area contributed by atoms with E-state index in [1.165, 1.54) is 18.7 Å². The highest BCUT2D eigenvalue weighted by atomic mass is 32.2. The van der Waals surface area contributed by atoms with Gasteiger partial charge < -0.3 is 9.47 Å². The maximum Gasteiger partial charge on any atom is 0.302 e. The number of ether oxygens (including phenoxy) is 2. The molecule has 2 amide bonds. The van der Waals surface area contributed by atoms with E-state index in [2.05, 4.69) is 10.0 Å². The second-order valence-electron chi connectivity index (χ2n) is 6.45. The summed E-state index contributed by atoms with van der Waals surface area (Å²) in [7, 11) is 0. The zero-order chi connectivity index (χ0) is 20.4. The summed E-state index contributed by atoms with van der Waals surface area (Å²) >= 11 is 1.39. The third-order valence-corrected chi connectivity index (χ3v) is 5.78. The molecule has 3 rings (SSSR count). The van der Waals surface area contributed by atoms with Crippen LogP contribution in [0.4, 0.5) is 0 Å². The van der Waals surface area contributed by atoms with Crippen molar-refractivity contribution >= 4 is 29.5 Å². The van der Waals surface area contributed by atoms with Gasteiger partial charge in [0.1, 0.15) is 23.6 Å². The van der Waals surface area contributed by atoms with Crippen LogP contribution in [-0.4, -0.2) is 58.2 Å². The fourth-order valence-corrected chi connectivity index (χ4v) is 4.65. The summed E-state index contributed by atoms with van der Waals surface area (Å²) in [5, 5.41) is 3.73.